The number of benzene rings is 1. The number of piperidine rings is 1. The molecule has 3 rings (SSSR count). The minimum absolute atomic E-state index is 0.412. The molecule has 3 unspecified atom stereocenters. The lowest BCUT2D eigenvalue weighted by molar-refractivity contribution is 0.248. The second kappa shape index (κ2) is 7.26. The average Bonchev–Trinajstić information content (AvgIpc) is 2.96. The molecule has 0 aromatic heterocycles. The van der Waals surface area contributed by atoms with Crippen LogP contribution in [-0.4, -0.2) is 18.6 Å². The Kier molecular flexibility index (Phi) is 5.36. The summed E-state index contributed by atoms with van der Waals surface area (Å²) < 4.78 is 1.22. The molecular weight excluding hydrogens is 324 g/mol. The molecule has 1 saturated carbocycles. The van der Waals surface area contributed by atoms with Gasteiger partial charge in [-0.2, -0.15) is 0 Å². The van der Waals surface area contributed by atoms with Crippen LogP contribution in [-0.2, 0) is 0 Å². The first-order valence-electron chi connectivity index (χ1n) is 8.49. The first kappa shape index (κ1) is 15.5. The van der Waals surface area contributed by atoms with Crippen LogP contribution in [0.4, 0.5) is 0 Å². The smallest absolute Gasteiger partial charge is 0.0305 e. The van der Waals surface area contributed by atoms with Gasteiger partial charge in [-0.3, -0.25) is 0 Å². The van der Waals surface area contributed by atoms with Gasteiger partial charge in [-0.25, -0.2) is 0 Å². The molecule has 2 fully saturated rings. The normalized spacial score (nSPS) is 31.2. The second-order valence-electron chi connectivity index (χ2n) is 6.67. The van der Waals surface area contributed by atoms with Gasteiger partial charge in [0, 0.05) is 22.6 Å². The Morgan fingerprint density at radius 1 is 1.14 bits per heavy atom. The molecule has 1 aromatic carbocycles. The average molecular weight is 351 g/mol. The molecule has 0 radical (unpaired) electrons. The largest absolute Gasteiger partial charge is 0.314 e. The Bertz CT molecular complexity index is 456. The monoisotopic (exact) mass is 350 g/mol. The summed E-state index contributed by atoms with van der Waals surface area (Å²) in [5.41, 5.74) is 1.37. The lowest BCUT2D eigenvalue weighted by atomic mass is 9.88. The van der Waals surface area contributed by atoms with E-state index in [0.717, 1.165) is 12.0 Å². The quantitative estimate of drug-likeness (QED) is 0.840. The molecule has 0 amide bonds. The van der Waals surface area contributed by atoms with E-state index in [4.69, 9.17) is 0 Å². The SMILES string of the molecule is C[C@@H](NC1CCCC1C1CCCCN1)c1ccccc1Br. The molecule has 0 bridgehead atoms. The van der Waals surface area contributed by atoms with Gasteiger partial charge in [-0.15, -0.1) is 0 Å². The summed E-state index contributed by atoms with van der Waals surface area (Å²) in [6.07, 6.45) is 8.22. The topological polar surface area (TPSA) is 24.1 Å². The molecule has 4 atom stereocenters. The van der Waals surface area contributed by atoms with Crippen LogP contribution in [0.1, 0.15) is 57.1 Å². The third-order valence-corrected chi connectivity index (χ3v) is 5.99. The van der Waals surface area contributed by atoms with Crippen LogP contribution in [0.15, 0.2) is 28.7 Å². The van der Waals surface area contributed by atoms with Crippen molar-refractivity contribution in [3.05, 3.63) is 34.3 Å². The fraction of sp³-hybridized carbons (Fsp3) is 0.667. The standard InChI is InChI=1S/C18H27BrN2/c1-13(14-7-2-3-9-16(14)19)21-18-11-6-8-15(18)17-10-4-5-12-20-17/h2-3,7,9,13,15,17-18,20-21H,4-6,8,10-12H2,1H3/t13-,15?,17?,18?/m1/s1. The zero-order valence-corrected chi connectivity index (χ0v) is 14.5. The molecule has 2 N–H and O–H groups in total. The molecule has 2 nitrogen and oxygen atoms in total. The van der Waals surface area contributed by atoms with Crippen molar-refractivity contribution in [3.8, 4) is 0 Å². The number of hydrogen-bond acceptors (Lipinski definition) is 2. The highest BCUT2D eigenvalue weighted by molar-refractivity contribution is 9.10. The van der Waals surface area contributed by atoms with E-state index in [9.17, 15) is 0 Å². The maximum absolute atomic E-state index is 3.91. The van der Waals surface area contributed by atoms with Gasteiger partial charge in [-0.1, -0.05) is 47.0 Å². The molecule has 3 heteroatoms. The van der Waals surface area contributed by atoms with E-state index in [-0.39, 0.29) is 0 Å². The molecular formula is C18H27BrN2. The zero-order valence-electron chi connectivity index (χ0n) is 12.9. The van der Waals surface area contributed by atoms with Crippen molar-refractivity contribution in [2.45, 2.75) is 63.6 Å². The van der Waals surface area contributed by atoms with Crippen molar-refractivity contribution in [2.24, 2.45) is 5.92 Å². The maximum atomic E-state index is 3.91. The summed E-state index contributed by atoms with van der Waals surface area (Å²) in [4.78, 5) is 0. The molecule has 0 spiro atoms. The van der Waals surface area contributed by atoms with Gasteiger partial charge in [0.15, 0.2) is 0 Å². The third-order valence-electron chi connectivity index (χ3n) is 5.27. The van der Waals surface area contributed by atoms with E-state index in [1.165, 1.54) is 55.1 Å². The second-order valence-corrected chi connectivity index (χ2v) is 7.52. The van der Waals surface area contributed by atoms with Gasteiger partial charge in [0.2, 0.25) is 0 Å². The van der Waals surface area contributed by atoms with E-state index >= 15 is 0 Å². The molecule has 1 aliphatic heterocycles. The van der Waals surface area contributed by atoms with Crippen LogP contribution >= 0.6 is 15.9 Å². The Balaban J connectivity index is 1.64. The minimum Gasteiger partial charge on any atom is -0.314 e. The van der Waals surface area contributed by atoms with E-state index in [1.54, 1.807) is 0 Å². The van der Waals surface area contributed by atoms with Crippen LogP contribution in [0.25, 0.3) is 0 Å². The molecule has 1 saturated heterocycles. The Hall–Kier alpha value is -0.380. The molecule has 21 heavy (non-hydrogen) atoms. The highest BCUT2D eigenvalue weighted by atomic mass is 79.9. The lowest BCUT2D eigenvalue weighted by Crippen LogP contribution is -2.47. The number of nitrogens with one attached hydrogen (secondary N) is 2. The Labute approximate surface area is 137 Å². The van der Waals surface area contributed by atoms with E-state index < -0.39 is 0 Å². The van der Waals surface area contributed by atoms with Crippen molar-refractivity contribution in [1.29, 1.82) is 0 Å². The molecule has 116 valence electrons. The number of hydrogen-bond donors (Lipinski definition) is 2. The lowest BCUT2D eigenvalue weighted by Gasteiger charge is -2.34. The van der Waals surface area contributed by atoms with Crippen molar-refractivity contribution in [1.82, 2.24) is 10.6 Å². The number of halogens is 1. The molecule has 1 aromatic rings. The van der Waals surface area contributed by atoms with Gasteiger partial charge in [0.25, 0.3) is 0 Å². The highest BCUT2D eigenvalue weighted by Gasteiger charge is 2.34. The fourth-order valence-corrected chi connectivity index (χ4v) is 4.79. The summed E-state index contributed by atoms with van der Waals surface area (Å²) in [7, 11) is 0. The highest BCUT2D eigenvalue weighted by Crippen LogP contribution is 2.34. The Morgan fingerprint density at radius 3 is 2.76 bits per heavy atom. The summed E-state index contributed by atoms with van der Waals surface area (Å²) in [6, 6.07) is 10.4. The molecule has 2 aliphatic rings. The molecule has 1 aliphatic carbocycles. The predicted molar refractivity (Wildman–Crippen MR) is 92.5 cm³/mol. The zero-order chi connectivity index (χ0) is 14.7. The van der Waals surface area contributed by atoms with Crippen LogP contribution in [0, 0.1) is 5.92 Å². The summed E-state index contributed by atoms with van der Waals surface area (Å²) >= 11 is 3.69. The van der Waals surface area contributed by atoms with Crippen LogP contribution in [0.2, 0.25) is 0 Å². The van der Waals surface area contributed by atoms with E-state index in [1.807, 2.05) is 0 Å². The predicted octanol–water partition coefficient (Wildman–Crippen LogP) is 4.41. The van der Waals surface area contributed by atoms with Crippen molar-refractivity contribution in [3.63, 3.8) is 0 Å². The Morgan fingerprint density at radius 2 is 2.00 bits per heavy atom. The summed E-state index contributed by atoms with van der Waals surface area (Å²) in [6.45, 7) is 3.51. The van der Waals surface area contributed by atoms with Crippen LogP contribution < -0.4 is 10.6 Å². The van der Waals surface area contributed by atoms with Crippen molar-refractivity contribution in [2.75, 3.05) is 6.54 Å². The van der Waals surface area contributed by atoms with Gasteiger partial charge in [0.1, 0.15) is 0 Å². The first-order valence-corrected chi connectivity index (χ1v) is 9.29. The maximum Gasteiger partial charge on any atom is 0.0305 e. The number of rotatable bonds is 4. The van der Waals surface area contributed by atoms with Gasteiger partial charge in [0.05, 0.1) is 0 Å². The first-order chi connectivity index (χ1) is 10.3. The minimum atomic E-state index is 0.412. The summed E-state index contributed by atoms with van der Waals surface area (Å²) in [5, 5.41) is 7.68. The van der Waals surface area contributed by atoms with Crippen LogP contribution in [0.5, 0.6) is 0 Å². The third kappa shape index (κ3) is 3.69. The van der Waals surface area contributed by atoms with Gasteiger partial charge >= 0.3 is 0 Å². The van der Waals surface area contributed by atoms with E-state index in [2.05, 4.69) is 57.8 Å². The van der Waals surface area contributed by atoms with Gasteiger partial charge in [-0.05, 0) is 56.7 Å². The van der Waals surface area contributed by atoms with Gasteiger partial charge < -0.3 is 10.6 Å². The van der Waals surface area contributed by atoms with E-state index in [0.29, 0.717) is 12.1 Å². The summed E-state index contributed by atoms with van der Waals surface area (Å²) in [5.74, 6) is 0.815. The van der Waals surface area contributed by atoms with Crippen molar-refractivity contribution < 1.29 is 0 Å². The fourth-order valence-electron chi connectivity index (χ4n) is 4.16. The molecule has 1 heterocycles. The van der Waals surface area contributed by atoms with Crippen molar-refractivity contribution >= 4 is 15.9 Å². The van der Waals surface area contributed by atoms with Crippen LogP contribution in [0.3, 0.4) is 0 Å².